The maximum absolute atomic E-state index is 12.9. The molecule has 0 radical (unpaired) electrons. The molecule has 5 amide bonds. The number of halogens is 1. The summed E-state index contributed by atoms with van der Waals surface area (Å²) in [4.78, 5) is 62.1. The van der Waals surface area contributed by atoms with Gasteiger partial charge in [-0.25, -0.2) is 4.79 Å². The van der Waals surface area contributed by atoms with Crippen molar-refractivity contribution in [2.75, 3.05) is 30.3 Å². The summed E-state index contributed by atoms with van der Waals surface area (Å²) in [6.45, 7) is 4.03. The van der Waals surface area contributed by atoms with Crippen LogP contribution >= 0.6 is 22.9 Å². The van der Waals surface area contributed by atoms with E-state index in [0.29, 0.717) is 35.5 Å². The van der Waals surface area contributed by atoms with Crippen LogP contribution in [0, 0.1) is 18.8 Å². The fourth-order valence-electron chi connectivity index (χ4n) is 4.40. The Morgan fingerprint density at radius 2 is 1.74 bits per heavy atom. The van der Waals surface area contributed by atoms with Crippen LogP contribution in [0.5, 0.6) is 0 Å². The second-order valence-corrected chi connectivity index (χ2v) is 9.84. The van der Waals surface area contributed by atoms with Crippen LogP contribution in [0.2, 0.25) is 0 Å². The van der Waals surface area contributed by atoms with Gasteiger partial charge in [-0.3, -0.25) is 22.7 Å². The van der Waals surface area contributed by atoms with Gasteiger partial charge in [-0.05, 0) is 54.7 Å². The van der Waals surface area contributed by atoms with Crippen molar-refractivity contribution < 1.29 is 29.1 Å². The van der Waals surface area contributed by atoms with E-state index in [0.717, 1.165) is 5.56 Å². The van der Waals surface area contributed by atoms with Gasteiger partial charge in [0.25, 0.3) is 5.91 Å². The van der Waals surface area contributed by atoms with E-state index in [1.54, 1.807) is 77.2 Å². The fraction of sp³-hybridized carbons (Fsp3) is 0.346. The van der Waals surface area contributed by atoms with E-state index in [2.05, 4.69) is 19.5 Å². The Hall–Kier alpha value is -3.68. The van der Waals surface area contributed by atoms with Gasteiger partial charge < -0.3 is 26.0 Å². The van der Waals surface area contributed by atoms with Gasteiger partial charge >= 0.3 is 12.0 Å². The average Bonchev–Trinajstić information content (AvgIpc) is 2.88. The quantitative estimate of drug-likeness (QED) is 0.222. The maximum Gasteiger partial charge on any atom is 0.323 e. The maximum atomic E-state index is 12.9. The Balaban J connectivity index is 1.55. The number of carbonyl (C=O) groups excluding carboxylic acids is 4. The molecule has 11 nitrogen and oxygen atoms in total. The Morgan fingerprint density at radius 1 is 1.03 bits per heavy atom. The molecule has 0 bridgehead atoms. The normalized spacial score (nSPS) is 16.8. The molecule has 1 unspecified atom stereocenters. The van der Waals surface area contributed by atoms with Crippen LogP contribution in [0.15, 0.2) is 42.5 Å². The number of nitrogens with one attached hydrogen (secondary N) is 4. The molecule has 1 saturated heterocycles. The second-order valence-electron chi connectivity index (χ2n) is 9.30. The van der Waals surface area contributed by atoms with Crippen molar-refractivity contribution >= 4 is 64.0 Å². The Bertz CT molecular complexity index is 1220. The van der Waals surface area contributed by atoms with Crippen LogP contribution in [0.3, 0.4) is 0 Å². The minimum Gasteiger partial charge on any atom is -0.480 e. The van der Waals surface area contributed by atoms with Gasteiger partial charge in [0.2, 0.25) is 11.8 Å². The molecule has 5 N–H and O–H groups in total. The van der Waals surface area contributed by atoms with E-state index in [9.17, 15) is 24.0 Å². The third-order valence-electron chi connectivity index (χ3n) is 6.28. The van der Waals surface area contributed by atoms with Gasteiger partial charge in [0.15, 0.2) is 0 Å². The number of piperidine rings is 1. The highest BCUT2D eigenvalue weighted by atomic mass is 127. The number of carboxylic acids is 1. The zero-order valence-corrected chi connectivity index (χ0v) is 23.2. The number of anilines is 2. The standard InChI is InChI=1S/C26H30IN5O6/c1-15-10-18(24(36)28-12-23(34)35)14-32(13-15)22(33)11-17-6-8-19(9-7-17)29-26(38)30-21-5-3-4-20(16(21)2)25(37)31-27/h3-9,15,18H,10-14H2,1-2H3,(H,28,36)(H,31,37)(H,34,35)(H2,29,30,38)/t15?,18-/m0/s1. The van der Waals surface area contributed by atoms with Crippen LogP contribution in [0.1, 0.15) is 34.8 Å². The number of nitrogens with zero attached hydrogens (tertiary/aromatic N) is 1. The SMILES string of the molecule is Cc1c(NC(=O)Nc2ccc(CC(=O)N3CC(C)C[C@H](C(=O)NCC(=O)O)C3)cc2)cccc1C(=O)NI. The number of benzene rings is 2. The summed E-state index contributed by atoms with van der Waals surface area (Å²) < 4.78 is 2.54. The molecule has 2 aromatic carbocycles. The summed E-state index contributed by atoms with van der Waals surface area (Å²) in [6.07, 6.45) is 0.723. The van der Waals surface area contributed by atoms with Gasteiger partial charge in [-0.2, -0.15) is 0 Å². The molecule has 0 saturated carbocycles. The molecule has 1 aliphatic heterocycles. The number of hydrogen-bond acceptors (Lipinski definition) is 5. The lowest BCUT2D eigenvalue weighted by atomic mass is 9.89. The monoisotopic (exact) mass is 635 g/mol. The number of rotatable bonds is 8. The molecule has 3 rings (SSSR count). The first-order valence-corrected chi connectivity index (χ1v) is 13.1. The zero-order chi connectivity index (χ0) is 27.8. The molecule has 12 heteroatoms. The van der Waals surface area contributed by atoms with Crippen molar-refractivity contribution in [3.63, 3.8) is 0 Å². The predicted molar refractivity (Wildman–Crippen MR) is 150 cm³/mol. The predicted octanol–water partition coefficient (Wildman–Crippen LogP) is 2.95. The molecule has 2 atom stereocenters. The van der Waals surface area contributed by atoms with Crippen molar-refractivity contribution in [1.82, 2.24) is 13.7 Å². The molecule has 38 heavy (non-hydrogen) atoms. The van der Waals surface area contributed by atoms with E-state index in [-0.39, 0.29) is 36.6 Å². The lowest BCUT2D eigenvalue weighted by Gasteiger charge is -2.35. The number of hydrogen-bond donors (Lipinski definition) is 5. The summed E-state index contributed by atoms with van der Waals surface area (Å²) in [5.74, 6) is -2.20. The fourth-order valence-corrected chi connectivity index (χ4v) is 4.69. The van der Waals surface area contributed by atoms with E-state index < -0.39 is 24.5 Å². The summed E-state index contributed by atoms with van der Waals surface area (Å²) >= 11 is 1.76. The molecule has 1 heterocycles. The van der Waals surface area contributed by atoms with Crippen LogP contribution in [-0.4, -0.2) is 59.4 Å². The topological polar surface area (TPSA) is 157 Å². The largest absolute Gasteiger partial charge is 0.480 e. The van der Waals surface area contributed by atoms with E-state index in [4.69, 9.17) is 5.11 Å². The van der Waals surface area contributed by atoms with Crippen molar-refractivity contribution in [1.29, 1.82) is 0 Å². The highest BCUT2D eigenvalue weighted by Gasteiger charge is 2.32. The van der Waals surface area contributed by atoms with Gasteiger partial charge in [0.05, 0.1) is 35.2 Å². The highest BCUT2D eigenvalue weighted by Crippen LogP contribution is 2.23. The number of carbonyl (C=O) groups is 5. The summed E-state index contributed by atoms with van der Waals surface area (Å²) in [7, 11) is 0. The highest BCUT2D eigenvalue weighted by molar-refractivity contribution is 14.1. The van der Waals surface area contributed by atoms with Crippen LogP contribution < -0.4 is 19.5 Å². The van der Waals surface area contributed by atoms with Crippen molar-refractivity contribution in [2.45, 2.75) is 26.7 Å². The lowest BCUT2D eigenvalue weighted by Crippen LogP contribution is -2.49. The molecular weight excluding hydrogens is 605 g/mol. The Kier molecular flexibility index (Phi) is 10.0. The molecule has 1 aliphatic rings. The van der Waals surface area contributed by atoms with Gasteiger partial charge in [0.1, 0.15) is 6.54 Å². The van der Waals surface area contributed by atoms with Crippen molar-refractivity contribution in [3.8, 4) is 0 Å². The van der Waals surface area contributed by atoms with E-state index in [1.165, 1.54) is 0 Å². The zero-order valence-electron chi connectivity index (χ0n) is 21.0. The molecule has 2 aromatic rings. The molecule has 0 aliphatic carbocycles. The van der Waals surface area contributed by atoms with Gasteiger partial charge in [-0.15, -0.1) is 0 Å². The third-order valence-corrected chi connectivity index (χ3v) is 6.77. The minimum atomic E-state index is -1.12. The summed E-state index contributed by atoms with van der Waals surface area (Å²) in [5, 5.41) is 16.7. The Morgan fingerprint density at radius 3 is 2.39 bits per heavy atom. The Labute approximate surface area is 234 Å². The van der Waals surface area contributed by atoms with Crippen molar-refractivity contribution in [2.24, 2.45) is 11.8 Å². The first-order chi connectivity index (χ1) is 18.1. The first kappa shape index (κ1) is 28.9. The molecule has 0 spiro atoms. The van der Waals surface area contributed by atoms with Crippen LogP contribution in [0.25, 0.3) is 0 Å². The number of amides is 5. The molecular formula is C26H30IN5O6. The smallest absolute Gasteiger partial charge is 0.323 e. The van der Waals surface area contributed by atoms with Gasteiger partial charge in [0, 0.05) is 30.0 Å². The number of aliphatic carboxylic acids is 1. The van der Waals surface area contributed by atoms with Crippen LogP contribution in [0.4, 0.5) is 16.2 Å². The van der Waals surface area contributed by atoms with Gasteiger partial charge in [-0.1, -0.05) is 25.1 Å². The molecule has 1 fully saturated rings. The molecule has 202 valence electrons. The van der Waals surface area contributed by atoms with Crippen LogP contribution in [-0.2, 0) is 20.8 Å². The summed E-state index contributed by atoms with van der Waals surface area (Å²) in [6, 6.07) is 11.5. The number of urea groups is 1. The van der Waals surface area contributed by atoms with E-state index >= 15 is 0 Å². The minimum absolute atomic E-state index is 0.110. The average molecular weight is 635 g/mol. The summed E-state index contributed by atoms with van der Waals surface area (Å²) in [5.41, 5.74) is 2.88. The molecule has 0 aromatic heterocycles. The third kappa shape index (κ3) is 7.91. The first-order valence-electron chi connectivity index (χ1n) is 12.0. The van der Waals surface area contributed by atoms with E-state index in [1.807, 2.05) is 6.92 Å². The number of carboxylic acid groups (broad SMARTS) is 1. The number of likely N-dealkylation sites (tertiary alicyclic amines) is 1. The second kappa shape index (κ2) is 13.2. The lowest BCUT2D eigenvalue weighted by molar-refractivity contribution is -0.141. The van der Waals surface area contributed by atoms with Crippen molar-refractivity contribution in [3.05, 3.63) is 59.2 Å².